The maximum absolute atomic E-state index is 14.6. The highest BCUT2D eigenvalue weighted by Gasteiger charge is 2.64. The van der Waals surface area contributed by atoms with E-state index in [4.69, 9.17) is 23.4 Å². The number of rotatable bonds is 11. The van der Waals surface area contributed by atoms with Crippen LogP contribution < -0.4 is 9.47 Å². The van der Waals surface area contributed by atoms with Crippen LogP contribution in [0.25, 0.3) is 0 Å². The summed E-state index contributed by atoms with van der Waals surface area (Å²) >= 11 is 0. The Kier molecular flexibility index (Phi) is 10.1. The number of furan rings is 1. The number of ether oxygens (including phenoxy) is 4. The summed E-state index contributed by atoms with van der Waals surface area (Å²) in [6, 6.07) is 8.95. The number of carbonyl (C=O) groups excluding carboxylic acids is 4. The third-order valence-electron chi connectivity index (χ3n) is 10.4. The summed E-state index contributed by atoms with van der Waals surface area (Å²) in [5, 5.41) is 0. The lowest BCUT2D eigenvalue weighted by molar-refractivity contribution is -0.182. The number of methoxy groups -OCH3 is 3. The maximum Gasteiger partial charge on any atom is 0.320 e. The molecule has 264 valence electrons. The van der Waals surface area contributed by atoms with Crippen LogP contribution in [0.4, 0.5) is 0 Å². The highest BCUT2D eigenvalue weighted by Crippen LogP contribution is 2.56. The Morgan fingerprint density at radius 1 is 0.980 bits per heavy atom. The van der Waals surface area contributed by atoms with Crippen molar-refractivity contribution < 1.29 is 42.5 Å². The quantitative estimate of drug-likeness (QED) is 0.325. The van der Waals surface area contributed by atoms with Gasteiger partial charge < -0.3 is 38.1 Å². The van der Waals surface area contributed by atoms with E-state index in [1.807, 2.05) is 24.3 Å². The fraction of sp³-hybridized carbons (Fsp3) is 0.568. The van der Waals surface area contributed by atoms with Crippen molar-refractivity contribution in [1.29, 1.82) is 0 Å². The summed E-state index contributed by atoms with van der Waals surface area (Å²) in [6.07, 6.45) is 5.04. The molecule has 12 nitrogen and oxygen atoms in total. The lowest BCUT2D eigenvalue weighted by atomic mass is 9.64. The lowest BCUT2D eigenvalue weighted by Crippen LogP contribution is -2.62. The average molecular weight is 678 g/mol. The van der Waals surface area contributed by atoms with Gasteiger partial charge in [0.1, 0.15) is 5.41 Å². The van der Waals surface area contributed by atoms with Crippen molar-refractivity contribution in [2.75, 3.05) is 54.1 Å². The molecule has 2 saturated heterocycles. The lowest BCUT2D eigenvalue weighted by Gasteiger charge is -2.53. The Morgan fingerprint density at radius 2 is 1.69 bits per heavy atom. The molecule has 4 heterocycles. The van der Waals surface area contributed by atoms with Crippen molar-refractivity contribution in [3.05, 3.63) is 59.7 Å². The van der Waals surface area contributed by atoms with E-state index < -0.39 is 23.4 Å². The van der Waals surface area contributed by atoms with Gasteiger partial charge in [0.25, 0.3) is 5.91 Å². The molecule has 1 aliphatic carbocycles. The Balaban J connectivity index is 1.28. The molecule has 0 radical (unpaired) electrons. The molecule has 2 aromatic rings. The van der Waals surface area contributed by atoms with Crippen LogP contribution in [0, 0.1) is 23.2 Å². The van der Waals surface area contributed by atoms with Crippen molar-refractivity contribution in [3.63, 3.8) is 0 Å². The van der Waals surface area contributed by atoms with Crippen LogP contribution in [0.15, 0.2) is 52.8 Å². The molecule has 0 spiro atoms. The normalized spacial score (nSPS) is 25.5. The number of nitrogens with zero attached hydrogens (tertiary/aromatic N) is 3. The summed E-state index contributed by atoms with van der Waals surface area (Å²) in [4.78, 5) is 60.4. The number of carbonyl (C=O) groups is 4. The number of amides is 3. The first-order valence-corrected chi connectivity index (χ1v) is 17.2. The number of hydrogen-bond acceptors (Lipinski definition) is 9. The Morgan fingerprint density at radius 3 is 2.31 bits per heavy atom. The number of esters is 1. The molecule has 0 unspecified atom stereocenters. The molecule has 3 fully saturated rings. The molecule has 1 aromatic heterocycles. The van der Waals surface area contributed by atoms with E-state index in [1.54, 1.807) is 41.1 Å². The minimum absolute atomic E-state index is 0.0607. The highest BCUT2D eigenvalue weighted by atomic mass is 16.5. The zero-order chi connectivity index (χ0) is 34.9. The Bertz CT molecular complexity index is 1580. The third-order valence-corrected chi connectivity index (χ3v) is 10.4. The van der Waals surface area contributed by atoms with Gasteiger partial charge in [0.2, 0.25) is 11.8 Å². The summed E-state index contributed by atoms with van der Waals surface area (Å²) < 4.78 is 28.4. The minimum atomic E-state index is -1.23. The van der Waals surface area contributed by atoms with E-state index in [0.717, 1.165) is 18.4 Å². The molecule has 12 heteroatoms. The summed E-state index contributed by atoms with van der Waals surface area (Å²) in [7, 11) is 4.54. The van der Waals surface area contributed by atoms with Crippen molar-refractivity contribution in [2.45, 2.75) is 58.2 Å². The Hall–Kier alpha value is -4.32. The van der Waals surface area contributed by atoms with Crippen LogP contribution in [0.5, 0.6) is 11.5 Å². The average Bonchev–Trinajstić information content (AvgIpc) is 3.82. The standard InChI is InChI=1S/C37H47N3O9/c1-23(2)29-21-31-37(36(44)47-5,33(49-29)25-9-10-25)22-26(34(42)40(31)13-12-24-8-11-27(45-3)30(19-24)46-4)20-32(41)38-14-16-39(17-15-38)35(43)28-7-6-18-48-28/h6-8,11,18-19,21,23,25-26,29,33H,9-10,12-17,20,22H2,1-5H3/t26-,29+,33+,37+/m0/s1. The molecule has 3 amide bonds. The van der Waals surface area contributed by atoms with Gasteiger partial charge in [-0.25, -0.2) is 0 Å². The second-order valence-electron chi connectivity index (χ2n) is 13.8. The molecular formula is C37H47N3O9. The number of piperidine rings is 1. The summed E-state index contributed by atoms with van der Waals surface area (Å²) in [5.41, 5.74) is 0.327. The van der Waals surface area contributed by atoms with Crippen molar-refractivity contribution >= 4 is 23.7 Å². The van der Waals surface area contributed by atoms with Gasteiger partial charge in [0, 0.05) is 50.8 Å². The molecule has 6 rings (SSSR count). The molecule has 0 bridgehead atoms. The molecule has 1 aromatic carbocycles. The van der Waals surface area contributed by atoms with Crippen LogP contribution in [-0.4, -0.2) is 105 Å². The smallest absolute Gasteiger partial charge is 0.320 e. The predicted molar refractivity (Wildman–Crippen MR) is 178 cm³/mol. The first-order valence-electron chi connectivity index (χ1n) is 17.2. The summed E-state index contributed by atoms with van der Waals surface area (Å²) in [6.45, 7) is 5.82. The van der Waals surface area contributed by atoms with Crippen LogP contribution in [-0.2, 0) is 30.3 Å². The zero-order valence-corrected chi connectivity index (χ0v) is 29.0. The number of hydrogen-bond donors (Lipinski definition) is 0. The van der Waals surface area contributed by atoms with E-state index >= 15 is 0 Å². The second-order valence-corrected chi connectivity index (χ2v) is 13.8. The van der Waals surface area contributed by atoms with Gasteiger partial charge in [-0.05, 0) is 73.4 Å². The minimum Gasteiger partial charge on any atom is -0.493 e. The van der Waals surface area contributed by atoms with E-state index in [9.17, 15) is 19.2 Å². The largest absolute Gasteiger partial charge is 0.493 e. The monoisotopic (exact) mass is 677 g/mol. The van der Waals surface area contributed by atoms with Crippen LogP contribution in [0.3, 0.4) is 0 Å². The molecule has 1 saturated carbocycles. The SMILES string of the molecule is COC(=O)[C@]12C[C@H](CC(=O)N3CCN(C(=O)c4ccco4)CC3)C(=O)N(CCc3ccc(OC)c(OC)c3)C1=C[C@H](C(C)C)O[C@@H]2C1CC1. The highest BCUT2D eigenvalue weighted by molar-refractivity contribution is 5.93. The van der Waals surface area contributed by atoms with E-state index in [2.05, 4.69) is 13.8 Å². The topological polar surface area (TPSA) is 128 Å². The van der Waals surface area contributed by atoms with E-state index in [-0.39, 0.29) is 54.3 Å². The molecule has 4 aliphatic rings. The first-order chi connectivity index (χ1) is 23.6. The van der Waals surface area contributed by atoms with Gasteiger partial charge in [0.05, 0.1) is 39.8 Å². The van der Waals surface area contributed by atoms with Crippen LogP contribution >= 0.6 is 0 Å². The van der Waals surface area contributed by atoms with Gasteiger partial charge in [-0.2, -0.15) is 0 Å². The van der Waals surface area contributed by atoms with Gasteiger partial charge in [-0.3, -0.25) is 19.2 Å². The van der Waals surface area contributed by atoms with Crippen LogP contribution in [0.2, 0.25) is 0 Å². The third kappa shape index (κ3) is 6.67. The van der Waals surface area contributed by atoms with Crippen LogP contribution in [0.1, 0.15) is 55.6 Å². The molecule has 3 aliphatic heterocycles. The van der Waals surface area contributed by atoms with Crippen molar-refractivity contribution in [3.8, 4) is 11.5 Å². The number of piperazine rings is 1. The van der Waals surface area contributed by atoms with Gasteiger partial charge in [0.15, 0.2) is 17.3 Å². The predicted octanol–water partition coefficient (Wildman–Crippen LogP) is 3.94. The molecule has 4 atom stereocenters. The second kappa shape index (κ2) is 14.3. The number of fused-ring (bicyclic) bond motifs is 1. The number of benzene rings is 1. The first kappa shape index (κ1) is 34.5. The van der Waals surface area contributed by atoms with Crippen molar-refractivity contribution in [1.82, 2.24) is 14.7 Å². The Labute approximate surface area is 287 Å². The zero-order valence-electron chi connectivity index (χ0n) is 29.0. The fourth-order valence-electron chi connectivity index (χ4n) is 7.61. The van der Waals surface area contributed by atoms with E-state index in [0.29, 0.717) is 56.3 Å². The molecular weight excluding hydrogens is 630 g/mol. The fourth-order valence-corrected chi connectivity index (χ4v) is 7.61. The van der Waals surface area contributed by atoms with Crippen molar-refractivity contribution in [2.24, 2.45) is 23.2 Å². The maximum atomic E-state index is 14.6. The number of likely N-dealkylation sites (tertiary alicyclic amines) is 1. The van der Waals surface area contributed by atoms with Gasteiger partial charge in [-0.1, -0.05) is 19.9 Å². The van der Waals surface area contributed by atoms with Gasteiger partial charge in [-0.15, -0.1) is 0 Å². The molecule has 49 heavy (non-hydrogen) atoms. The van der Waals surface area contributed by atoms with Gasteiger partial charge >= 0.3 is 5.97 Å². The van der Waals surface area contributed by atoms with E-state index in [1.165, 1.54) is 13.4 Å². The summed E-state index contributed by atoms with van der Waals surface area (Å²) in [5.74, 6) is -0.0753. The molecule has 0 N–H and O–H groups in total.